The Labute approximate surface area is 163 Å². The van der Waals surface area contributed by atoms with Gasteiger partial charge in [-0.05, 0) is 30.3 Å². The third-order valence-corrected chi connectivity index (χ3v) is 4.32. The highest BCUT2D eigenvalue weighted by Gasteiger charge is 2.09. The molecule has 25 heavy (non-hydrogen) atoms. The number of rotatable bonds is 4. The molecule has 0 radical (unpaired) electrons. The van der Waals surface area contributed by atoms with E-state index < -0.39 is 5.91 Å². The van der Waals surface area contributed by atoms with Crippen LogP contribution in [0, 0.1) is 0 Å². The van der Waals surface area contributed by atoms with E-state index in [1.165, 1.54) is 18.2 Å². The van der Waals surface area contributed by atoms with Crippen LogP contribution in [0.2, 0.25) is 20.2 Å². The minimum atomic E-state index is -0.427. The molecule has 0 aliphatic rings. The van der Waals surface area contributed by atoms with E-state index in [2.05, 4.69) is 15.8 Å². The average molecular weight is 416 g/mol. The van der Waals surface area contributed by atoms with Crippen molar-refractivity contribution in [2.24, 2.45) is 0 Å². The van der Waals surface area contributed by atoms with Gasteiger partial charge in [-0.15, -0.1) is 0 Å². The number of carbonyl (C=O) groups excluding carboxylic acids is 1. The van der Waals surface area contributed by atoms with Crippen LogP contribution in [0.5, 0.6) is 0 Å². The molecule has 2 aromatic heterocycles. The van der Waals surface area contributed by atoms with Crippen molar-refractivity contribution in [3.05, 3.63) is 68.5 Å². The summed E-state index contributed by atoms with van der Waals surface area (Å²) in [4.78, 5) is 16.2. The highest BCUT2D eigenvalue weighted by atomic mass is 35.5. The van der Waals surface area contributed by atoms with Crippen molar-refractivity contribution in [3.63, 3.8) is 0 Å². The lowest BCUT2D eigenvalue weighted by Crippen LogP contribution is -2.27. The summed E-state index contributed by atoms with van der Waals surface area (Å²) in [7, 11) is 0. The van der Waals surface area contributed by atoms with Crippen molar-refractivity contribution < 1.29 is 4.79 Å². The van der Waals surface area contributed by atoms with Crippen molar-refractivity contribution in [1.82, 2.24) is 14.8 Å². The van der Waals surface area contributed by atoms with Crippen LogP contribution in [-0.2, 0) is 4.79 Å². The molecule has 3 rings (SSSR count). The Kier molecular flexibility index (Phi) is 5.39. The van der Waals surface area contributed by atoms with Crippen LogP contribution >= 0.6 is 46.4 Å². The number of pyridine rings is 1. The monoisotopic (exact) mass is 414 g/mol. The van der Waals surface area contributed by atoms with E-state index in [9.17, 15) is 4.79 Å². The minimum absolute atomic E-state index is 0.284. The normalized spacial score (nSPS) is 11.2. The second-order valence-electron chi connectivity index (χ2n) is 4.91. The van der Waals surface area contributed by atoms with E-state index >= 15 is 0 Å². The predicted molar refractivity (Wildman–Crippen MR) is 102 cm³/mol. The highest BCUT2D eigenvalue weighted by Crippen LogP contribution is 2.33. The lowest BCUT2D eigenvalue weighted by atomic mass is 10.3. The largest absolute Gasteiger partial charge is 0.299 e. The van der Waals surface area contributed by atoms with Gasteiger partial charge in [-0.2, -0.15) is 0 Å². The number of hydrazine groups is 1. The van der Waals surface area contributed by atoms with Gasteiger partial charge in [0.05, 0.1) is 21.4 Å². The maximum Gasteiger partial charge on any atom is 0.262 e. The number of hydrogen-bond acceptors (Lipinski definition) is 3. The first kappa shape index (κ1) is 17.9. The molecule has 128 valence electrons. The lowest BCUT2D eigenvalue weighted by molar-refractivity contribution is -0.115. The third kappa shape index (κ3) is 4.02. The van der Waals surface area contributed by atoms with Gasteiger partial charge in [-0.3, -0.25) is 20.0 Å². The van der Waals surface area contributed by atoms with E-state index in [1.54, 1.807) is 16.7 Å². The van der Waals surface area contributed by atoms with Crippen molar-refractivity contribution in [3.8, 4) is 0 Å². The van der Waals surface area contributed by atoms with Gasteiger partial charge in [0.1, 0.15) is 5.65 Å². The number of amides is 1. The van der Waals surface area contributed by atoms with Crippen LogP contribution in [0.4, 0.5) is 5.69 Å². The molecule has 0 atom stereocenters. The van der Waals surface area contributed by atoms with E-state index in [1.807, 2.05) is 18.2 Å². The summed E-state index contributed by atoms with van der Waals surface area (Å²) in [6.45, 7) is 0. The molecule has 0 unspecified atom stereocenters. The second kappa shape index (κ2) is 7.54. The van der Waals surface area contributed by atoms with Gasteiger partial charge in [-0.1, -0.05) is 52.5 Å². The van der Waals surface area contributed by atoms with Gasteiger partial charge in [0.25, 0.3) is 5.91 Å². The second-order valence-corrected chi connectivity index (χ2v) is 6.52. The summed E-state index contributed by atoms with van der Waals surface area (Å²) < 4.78 is 1.77. The van der Waals surface area contributed by atoms with Crippen molar-refractivity contribution in [2.45, 2.75) is 0 Å². The molecule has 1 amide bonds. The van der Waals surface area contributed by atoms with Gasteiger partial charge in [0.2, 0.25) is 0 Å². The number of anilines is 1. The van der Waals surface area contributed by atoms with Crippen LogP contribution in [-0.4, -0.2) is 15.3 Å². The number of fused-ring (bicyclic) bond motifs is 1. The Bertz CT molecular complexity index is 960. The van der Waals surface area contributed by atoms with E-state index in [0.29, 0.717) is 27.2 Å². The molecule has 0 fully saturated rings. The molecule has 0 spiro atoms. The Morgan fingerprint density at radius 1 is 1.12 bits per heavy atom. The fourth-order valence-electron chi connectivity index (χ4n) is 2.12. The summed E-state index contributed by atoms with van der Waals surface area (Å²) in [6, 6.07) is 8.53. The van der Waals surface area contributed by atoms with Gasteiger partial charge >= 0.3 is 0 Å². The smallest absolute Gasteiger partial charge is 0.262 e. The standard InChI is InChI=1S/C16H10Cl4N4O/c17-9-7-10(18)15(11(19)8-9)23-22-14(25)5-4-12-16(20)21-13-3-1-2-6-24(12)13/h1-8,23H,(H,22,25)/b5-4+. The molecule has 1 aromatic carbocycles. The van der Waals surface area contributed by atoms with Crippen molar-refractivity contribution >= 4 is 69.7 Å². The first-order chi connectivity index (χ1) is 12.0. The molecule has 2 N–H and O–H groups in total. The molecular formula is C16H10Cl4N4O. The first-order valence-electron chi connectivity index (χ1n) is 6.97. The third-order valence-electron chi connectivity index (χ3n) is 3.23. The minimum Gasteiger partial charge on any atom is -0.299 e. The maximum absolute atomic E-state index is 12.0. The lowest BCUT2D eigenvalue weighted by Gasteiger charge is -2.10. The van der Waals surface area contributed by atoms with Crippen LogP contribution in [0.15, 0.2) is 42.6 Å². The summed E-state index contributed by atoms with van der Waals surface area (Å²) in [5.41, 5.74) is 6.76. The van der Waals surface area contributed by atoms with Crippen molar-refractivity contribution in [1.29, 1.82) is 0 Å². The predicted octanol–water partition coefficient (Wildman–Crippen LogP) is 5.10. The Balaban J connectivity index is 1.72. The zero-order valence-corrected chi connectivity index (χ0v) is 15.5. The number of nitrogens with zero attached hydrogens (tertiary/aromatic N) is 2. The number of hydrogen-bond donors (Lipinski definition) is 2. The van der Waals surface area contributed by atoms with Crippen LogP contribution in [0.25, 0.3) is 11.7 Å². The average Bonchev–Trinajstić information content (AvgIpc) is 2.87. The Morgan fingerprint density at radius 2 is 1.84 bits per heavy atom. The quantitative estimate of drug-likeness (QED) is 0.460. The summed E-state index contributed by atoms with van der Waals surface area (Å²) in [5.74, 6) is -0.427. The SMILES string of the molecule is O=C(/C=C/c1c(Cl)nc2ccccn12)NNc1c(Cl)cc(Cl)cc1Cl. The number of nitrogens with one attached hydrogen (secondary N) is 2. The van der Waals surface area contributed by atoms with E-state index in [4.69, 9.17) is 46.4 Å². The van der Waals surface area contributed by atoms with E-state index in [-0.39, 0.29) is 10.0 Å². The molecule has 5 nitrogen and oxygen atoms in total. The molecule has 0 bridgehead atoms. The number of aromatic nitrogens is 2. The summed E-state index contributed by atoms with van der Waals surface area (Å²) in [5, 5.41) is 1.26. The molecule has 3 aromatic rings. The van der Waals surface area contributed by atoms with Crippen molar-refractivity contribution in [2.75, 3.05) is 5.43 Å². The zero-order chi connectivity index (χ0) is 18.0. The maximum atomic E-state index is 12.0. The molecule has 0 saturated heterocycles. The number of imidazole rings is 1. The summed E-state index contributed by atoms with van der Waals surface area (Å²) >= 11 is 24.0. The molecule has 0 aliphatic heterocycles. The number of carbonyl (C=O) groups is 1. The van der Waals surface area contributed by atoms with Crippen LogP contribution in [0.1, 0.15) is 5.69 Å². The fraction of sp³-hybridized carbons (Fsp3) is 0. The molecule has 0 aliphatic carbocycles. The zero-order valence-electron chi connectivity index (χ0n) is 12.4. The van der Waals surface area contributed by atoms with E-state index in [0.717, 1.165) is 0 Å². The Hall–Kier alpha value is -1.92. The van der Waals surface area contributed by atoms with Gasteiger partial charge in [0, 0.05) is 17.3 Å². The van der Waals surface area contributed by atoms with Gasteiger partial charge in [-0.25, -0.2) is 4.98 Å². The van der Waals surface area contributed by atoms with Crippen LogP contribution in [0.3, 0.4) is 0 Å². The molecule has 2 heterocycles. The Morgan fingerprint density at radius 3 is 2.56 bits per heavy atom. The molecule has 9 heteroatoms. The molecule has 0 saturated carbocycles. The fourth-order valence-corrected chi connectivity index (χ4v) is 3.27. The highest BCUT2D eigenvalue weighted by molar-refractivity contribution is 6.41. The number of halogens is 4. The topological polar surface area (TPSA) is 58.4 Å². The van der Waals surface area contributed by atoms with Gasteiger partial charge < -0.3 is 0 Å². The summed E-state index contributed by atoms with van der Waals surface area (Å²) in [6.07, 6.45) is 4.68. The van der Waals surface area contributed by atoms with Gasteiger partial charge in [0.15, 0.2) is 5.15 Å². The first-order valence-corrected chi connectivity index (χ1v) is 8.48. The number of benzene rings is 1. The molecular weight excluding hydrogens is 406 g/mol. The van der Waals surface area contributed by atoms with Crippen LogP contribution < -0.4 is 10.9 Å².